The molecule has 106 valence electrons. The highest BCUT2D eigenvalue weighted by molar-refractivity contribution is 5.27. The van der Waals surface area contributed by atoms with Crippen LogP contribution in [0.5, 0.6) is 5.75 Å². The van der Waals surface area contributed by atoms with Crippen LogP contribution in [-0.2, 0) is 6.42 Å². The average molecular weight is 272 g/mol. The van der Waals surface area contributed by atoms with Gasteiger partial charge in [0.25, 0.3) is 0 Å². The van der Waals surface area contributed by atoms with E-state index in [0.717, 1.165) is 23.4 Å². The molecule has 0 aliphatic rings. The molecule has 0 bridgehead atoms. The van der Waals surface area contributed by atoms with E-state index in [1.54, 1.807) is 18.6 Å². The lowest BCUT2D eigenvalue weighted by Crippen LogP contribution is -2.29. The molecular weight excluding hydrogens is 252 g/mol. The molecule has 0 fully saturated rings. The molecule has 0 saturated heterocycles. The van der Waals surface area contributed by atoms with E-state index in [1.165, 1.54) is 0 Å². The quantitative estimate of drug-likeness (QED) is 0.596. The second-order valence-electron chi connectivity index (χ2n) is 4.55. The highest BCUT2D eigenvalue weighted by Gasteiger charge is 2.12. The highest BCUT2D eigenvalue weighted by Crippen LogP contribution is 2.20. The molecule has 2 rings (SSSR count). The Hall–Kier alpha value is -1.98. The summed E-state index contributed by atoms with van der Waals surface area (Å²) in [6.45, 7) is 2.76. The van der Waals surface area contributed by atoms with Crippen molar-refractivity contribution >= 4 is 0 Å². The molecule has 2 heterocycles. The molecule has 20 heavy (non-hydrogen) atoms. The smallest absolute Gasteiger partial charge is 0.137 e. The molecule has 1 unspecified atom stereocenters. The van der Waals surface area contributed by atoms with Crippen LogP contribution in [0.3, 0.4) is 0 Å². The van der Waals surface area contributed by atoms with Crippen molar-refractivity contribution in [1.29, 1.82) is 0 Å². The minimum Gasteiger partial charge on any atom is -0.492 e. The average Bonchev–Trinajstić information content (AvgIpc) is 2.52. The fourth-order valence-electron chi connectivity index (χ4n) is 1.93. The third-order valence-electron chi connectivity index (χ3n) is 2.95. The molecule has 1 atom stereocenters. The first-order chi connectivity index (χ1) is 9.83. The van der Waals surface area contributed by atoms with Crippen LogP contribution in [0.25, 0.3) is 0 Å². The van der Waals surface area contributed by atoms with Crippen molar-refractivity contribution in [3.8, 4) is 5.75 Å². The first-order valence-electron chi connectivity index (χ1n) is 6.77. The zero-order valence-corrected chi connectivity index (χ0v) is 11.6. The second kappa shape index (κ2) is 7.57. The van der Waals surface area contributed by atoms with Gasteiger partial charge in [-0.1, -0.05) is 13.0 Å². The van der Waals surface area contributed by atoms with Crippen LogP contribution < -0.4 is 16.0 Å². The molecule has 0 radical (unpaired) electrons. The number of rotatable bonds is 7. The van der Waals surface area contributed by atoms with E-state index in [0.29, 0.717) is 13.0 Å². The Labute approximate surface area is 119 Å². The zero-order chi connectivity index (χ0) is 14.2. The topological polar surface area (TPSA) is 73.1 Å². The number of pyridine rings is 2. The maximum Gasteiger partial charge on any atom is 0.137 e. The third kappa shape index (κ3) is 4.01. The van der Waals surface area contributed by atoms with Gasteiger partial charge < -0.3 is 4.74 Å². The van der Waals surface area contributed by atoms with Gasteiger partial charge in [-0.05, 0) is 30.2 Å². The number of hydrazine groups is 1. The summed E-state index contributed by atoms with van der Waals surface area (Å²) in [6.07, 6.45) is 6.97. The first-order valence-corrected chi connectivity index (χ1v) is 6.77. The van der Waals surface area contributed by atoms with Crippen molar-refractivity contribution in [1.82, 2.24) is 15.4 Å². The van der Waals surface area contributed by atoms with Gasteiger partial charge in [0, 0.05) is 24.5 Å². The number of hydrogen-bond donors (Lipinski definition) is 2. The maximum absolute atomic E-state index is 5.66. The van der Waals surface area contributed by atoms with Crippen LogP contribution in [0.1, 0.15) is 30.6 Å². The lowest BCUT2D eigenvalue weighted by Gasteiger charge is -2.16. The standard InChI is InChI=1S/C15H20N4O/c1-2-7-20-14-8-12(10-17-11-14)15(19-16)9-13-5-3-4-6-18-13/h3-6,8,10-11,15,19H,2,7,9,16H2,1H3. The predicted molar refractivity (Wildman–Crippen MR) is 78.0 cm³/mol. The van der Waals surface area contributed by atoms with E-state index >= 15 is 0 Å². The number of nitrogens with two attached hydrogens (primary N) is 1. The van der Waals surface area contributed by atoms with Crippen LogP contribution in [0.2, 0.25) is 0 Å². The van der Waals surface area contributed by atoms with Crippen molar-refractivity contribution < 1.29 is 4.74 Å². The van der Waals surface area contributed by atoms with Gasteiger partial charge in [-0.2, -0.15) is 0 Å². The van der Waals surface area contributed by atoms with Crippen LogP contribution in [-0.4, -0.2) is 16.6 Å². The van der Waals surface area contributed by atoms with Crippen LogP contribution in [0.15, 0.2) is 42.9 Å². The Kier molecular flexibility index (Phi) is 5.46. The molecule has 0 aromatic carbocycles. The number of aromatic nitrogens is 2. The Bertz CT molecular complexity index is 518. The molecular formula is C15H20N4O. The summed E-state index contributed by atoms with van der Waals surface area (Å²) in [5, 5.41) is 0. The van der Waals surface area contributed by atoms with Crippen molar-refractivity contribution in [2.45, 2.75) is 25.8 Å². The molecule has 3 N–H and O–H groups in total. The highest BCUT2D eigenvalue weighted by atomic mass is 16.5. The third-order valence-corrected chi connectivity index (χ3v) is 2.95. The summed E-state index contributed by atoms with van der Waals surface area (Å²) in [7, 11) is 0. The van der Waals surface area contributed by atoms with Gasteiger partial charge in [0.2, 0.25) is 0 Å². The molecule has 5 heteroatoms. The van der Waals surface area contributed by atoms with Gasteiger partial charge in [0.1, 0.15) is 5.75 Å². The Morgan fingerprint density at radius 1 is 1.35 bits per heavy atom. The lowest BCUT2D eigenvalue weighted by atomic mass is 10.0. The first kappa shape index (κ1) is 14.4. The lowest BCUT2D eigenvalue weighted by molar-refractivity contribution is 0.315. The van der Waals surface area contributed by atoms with Crippen molar-refractivity contribution in [2.75, 3.05) is 6.61 Å². The van der Waals surface area contributed by atoms with Crippen molar-refractivity contribution in [2.24, 2.45) is 5.84 Å². The predicted octanol–water partition coefficient (Wildman–Crippen LogP) is 2.01. The van der Waals surface area contributed by atoms with E-state index in [-0.39, 0.29) is 6.04 Å². The Morgan fingerprint density at radius 3 is 2.95 bits per heavy atom. The van der Waals surface area contributed by atoms with E-state index in [1.807, 2.05) is 24.3 Å². The Morgan fingerprint density at radius 2 is 2.25 bits per heavy atom. The fourth-order valence-corrected chi connectivity index (χ4v) is 1.93. The molecule has 2 aromatic heterocycles. The van der Waals surface area contributed by atoms with E-state index in [9.17, 15) is 0 Å². The largest absolute Gasteiger partial charge is 0.492 e. The molecule has 0 aliphatic heterocycles. The maximum atomic E-state index is 5.66. The summed E-state index contributed by atoms with van der Waals surface area (Å²) < 4.78 is 5.59. The Balaban J connectivity index is 2.10. The minimum absolute atomic E-state index is 0.0393. The SMILES string of the molecule is CCCOc1cncc(C(Cc2ccccn2)NN)c1. The fraction of sp³-hybridized carbons (Fsp3) is 0.333. The molecule has 0 saturated carbocycles. The molecule has 2 aromatic rings. The summed E-state index contributed by atoms with van der Waals surface area (Å²) in [4.78, 5) is 8.52. The van der Waals surface area contributed by atoms with E-state index in [2.05, 4.69) is 22.3 Å². The molecule has 0 spiro atoms. The molecule has 0 amide bonds. The van der Waals surface area contributed by atoms with Gasteiger partial charge in [-0.25, -0.2) is 0 Å². The number of ether oxygens (including phenoxy) is 1. The normalized spacial score (nSPS) is 12.1. The number of nitrogens with zero attached hydrogens (tertiary/aromatic N) is 2. The van der Waals surface area contributed by atoms with Gasteiger partial charge in [-0.15, -0.1) is 0 Å². The summed E-state index contributed by atoms with van der Waals surface area (Å²) >= 11 is 0. The van der Waals surface area contributed by atoms with Crippen molar-refractivity contribution in [3.63, 3.8) is 0 Å². The number of nitrogens with one attached hydrogen (secondary N) is 1. The van der Waals surface area contributed by atoms with Crippen LogP contribution in [0.4, 0.5) is 0 Å². The second-order valence-corrected chi connectivity index (χ2v) is 4.55. The number of hydrogen-bond acceptors (Lipinski definition) is 5. The van der Waals surface area contributed by atoms with E-state index in [4.69, 9.17) is 10.6 Å². The summed E-state index contributed by atoms with van der Waals surface area (Å²) in [6, 6.07) is 7.78. The van der Waals surface area contributed by atoms with Crippen LogP contribution in [0, 0.1) is 0 Å². The minimum atomic E-state index is -0.0393. The van der Waals surface area contributed by atoms with Crippen molar-refractivity contribution in [3.05, 3.63) is 54.1 Å². The van der Waals surface area contributed by atoms with Gasteiger partial charge >= 0.3 is 0 Å². The van der Waals surface area contributed by atoms with Crippen LogP contribution >= 0.6 is 0 Å². The molecule has 0 aliphatic carbocycles. The van der Waals surface area contributed by atoms with Gasteiger partial charge in [0.05, 0.1) is 18.8 Å². The van der Waals surface area contributed by atoms with E-state index < -0.39 is 0 Å². The monoisotopic (exact) mass is 272 g/mol. The summed E-state index contributed by atoms with van der Waals surface area (Å²) in [5.41, 5.74) is 4.79. The summed E-state index contributed by atoms with van der Waals surface area (Å²) in [5.74, 6) is 6.43. The van der Waals surface area contributed by atoms with Gasteiger partial charge in [-0.3, -0.25) is 21.2 Å². The van der Waals surface area contributed by atoms with Gasteiger partial charge in [0.15, 0.2) is 0 Å². The zero-order valence-electron chi connectivity index (χ0n) is 11.6. The molecule has 5 nitrogen and oxygen atoms in total.